The quantitative estimate of drug-likeness (QED) is 0.724. The molecule has 1 aromatic carbocycles. The van der Waals surface area contributed by atoms with E-state index < -0.39 is 23.8 Å². The van der Waals surface area contributed by atoms with Gasteiger partial charge in [0.05, 0.1) is 6.26 Å². The minimum atomic E-state index is -0.821. The summed E-state index contributed by atoms with van der Waals surface area (Å²) >= 11 is 0. The van der Waals surface area contributed by atoms with Gasteiger partial charge in [0, 0.05) is 5.56 Å². The van der Waals surface area contributed by atoms with Gasteiger partial charge in [0.15, 0.2) is 5.76 Å². The monoisotopic (exact) mass is 329 g/mol. The van der Waals surface area contributed by atoms with E-state index in [0.717, 1.165) is 0 Å². The Labute approximate surface area is 139 Å². The van der Waals surface area contributed by atoms with Gasteiger partial charge >= 0.3 is 0 Å². The highest BCUT2D eigenvalue weighted by molar-refractivity contribution is 5.98. The van der Waals surface area contributed by atoms with E-state index in [1.165, 1.54) is 12.3 Å². The molecule has 0 bridgehead atoms. The molecule has 2 rings (SSSR count). The molecule has 7 heteroatoms. The van der Waals surface area contributed by atoms with Crippen LogP contribution in [0.25, 0.3) is 0 Å². The van der Waals surface area contributed by atoms with E-state index >= 15 is 0 Å². The maximum absolute atomic E-state index is 12.3. The molecule has 3 N–H and O–H groups in total. The lowest BCUT2D eigenvalue weighted by Gasteiger charge is -2.21. The van der Waals surface area contributed by atoms with E-state index in [9.17, 15) is 14.4 Å². The number of carbonyl (C=O) groups excluding carboxylic acids is 3. The minimum Gasteiger partial charge on any atom is -0.459 e. The van der Waals surface area contributed by atoms with Gasteiger partial charge in [0.1, 0.15) is 6.04 Å². The molecule has 7 nitrogen and oxygen atoms in total. The van der Waals surface area contributed by atoms with Crippen LogP contribution in [-0.4, -0.2) is 23.8 Å². The average Bonchev–Trinajstić information content (AvgIpc) is 3.12. The van der Waals surface area contributed by atoms with Crippen molar-refractivity contribution < 1.29 is 18.8 Å². The zero-order valence-corrected chi connectivity index (χ0v) is 13.4. The number of hydrazine groups is 1. The molecule has 1 atom stereocenters. The topological polar surface area (TPSA) is 100 Å². The summed E-state index contributed by atoms with van der Waals surface area (Å²) in [7, 11) is 0. The average molecular weight is 329 g/mol. The van der Waals surface area contributed by atoms with Crippen LogP contribution in [0.5, 0.6) is 0 Å². The first-order chi connectivity index (χ1) is 11.5. The van der Waals surface area contributed by atoms with Crippen molar-refractivity contribution in [3.05, 3.63) is 60.1 Å². The van der Waals surface area contributed by atoms with Gasteiger partial charge in [-0.2, -0.15) is 0 Å². The van der Waals surface area contributed by atoms with Crippen LogP contribution < -0.4 is 16.2 Å². The smallest absolute Gasteiger partial charge is 0.287 e. The molecule has 0 aliphatic carbocycles. The van der Waals surface area contributed by atoms with Crippen LogP contribution in [0.2, 0.25) is 0 Å². The SMILES string of the molecule is CC(C)C(NC(=O)c1ccco1)C(=O)NNC(=O)c1ccccc1. The summed E-state index contributed by atoms with van der Waals surface area (Å²) in [5.74, 6) is -1.53. The van der Waals surface area contributed by atoms with Crippen molar-refractivity contribution >= 4 is 17.7 Å². The third-order valence-corrected chi connectivity index (χ3v) is 3.32. The number of carbonyl (C=O) groups is 3. The molecular formula is C17H19N3O4. The highest BCUT2D eigenvalue weighted by Crippen LogP contribution is 2.05. The van der Waals surface area contributed by atoms with Gasteiger partial charge in [0.2, 0.25) is 0 Å². The first-order valence-electron chi connectivity index (χ1n) is 7.48. The third-order valence-electron chi connectivity index (χ3n) is 3.32. The fraction of sp³-hybridized carbons (Fsp3) is 0.235. The molecular weight excluding hydrogens is 310 g/mol. The molecule has 24 heavy (non-hydrogen) atoms. The van der Waals surface area contributed by atoms with Crippen LogP contribution in [0, 0.1) is 5.92 Å². The number of hydrogen-bond donors (Lipinski definition) is 3. The highest BCUT2D eigenvalue weighted by atomic mass is 16.3. The summed E-state index contributed by atoms with van der Waals surface area (Å²) < 4.78 is 5.00. The molecule has 0 spiro atoms. The molecule has 1 unspecified atom stereocenters. The predicted octanol–water partition coefficient (Wildman–Crippen LogP) is 1.50. The van der Waals surface area contributed by atoms with Crippen LogP contribution in [0.15, 0.2) is 53.1 Å². The van der Waals surface area contributed by atoms with E-state index in [-0.39, 0.29) is 11.7 Å². The lowest BCUT2D eigenvalue weighted by atomic mass is 10.0. The number of rotatable bonds is 5. The Morgan fingerprint density at radius 3 is 2.21 bits per heavy atom. The molecule has 0 fully saturated rings. The minimum absolute atomic E-state index is 0.113. The maximum Gasteiger partial charge on any atom is 0.287 e. The molecule has 0 aliphatic heterocycles. The van der Waals surface area contributed by atoms with E-state index in [2.05, 4.69) is 16.2 Å². The van der Waals surface area contributed by atoms with Gasteiger partial charge in [-0.05, 0) is 30.2 Å². The molecule has 1 aromatic heterocycles. The lowest BCUT2D eigenvalue weighted by molar-refractivity contribution is -0.124. The standard InChI is InChI=1S/C17H19N3O4/c1-11(2)14(18-16(22)13-9-6-10-24-13)17(23)20-19-15(21)12-7-4-3-5-8-12/h3-11,14H,1-2H3,(H,18,22)(H,19,21)(H,20,23). The van der Waals surface area contributed by atoms with E-state index in [1.54, 1.807) is 50.2 Å². The Morgan fingerprint density at radius 2 is 1.62 bits per heavy atom. The summed E-state index contributed by atoms with van der Waals surface area (Å²) in [5.41, 5.74) is 5.07. The second-order valence-corrected chi connectivity index (χ2v) is 5.48. The normalized spacial score (nSPS) is 11.6. The van der Waals surface area contributed by atoms with Crippen LogP contribution in [0.1, 0.15) is 34.8 Å². The number of benzene rings is 1. The number of amides is 3. The molecule has 0 saturated carbocycles. The van der Waals surface area contributed by atoms with Crippen LogP contribution in [-0.2, 0) is 4.79 Å². The molecule has 3 amide bonds. The fourth-order valence-corrected chi connectivity index (χ4v) is 2.01. The summed E-state index contributed by atoms with van der Waals surface area (Å²) in [6.07, 6.45) is 1.37. The number of nitrogens with one attached hydrogen (secondary N) is 3. The summed E-state index contributed by atoms with van der Waals surface area (Å²) in [5, 5.41) is 2.59. The largest absolute Gasteiger partial charge is 0.459 e. The summed E-state index contributed by atoms with van der Waals surface area (Å²) in [6, 6.07) is 10.7. The van der Waals surface area contributed by atoms with Gasteiger partial charge in [-0.15, -0.1) is 0 Å². The van der Waals surface area contributed by atoms with Crippen LogP contribution in [0.4, 0.5) is 0 Å². The van der Waals surface area contributed by atoms with Crippen molar-refractivity contribution in [2.45, 2.75) is 19.9 Å². The van der Waals surface area contributed by atoms with Crippen molar-refractivity contribution in [3.8, 4) is 0 Å². The Bertz CT molecular complexity index is 696. The van der Waals surface area contributed by atoms with Crippen molar-refractivity contribution in [2.24, 2.45) is 5.92 Å². The Morgan fingerprint density at radius 1 is 0.917 bits per heavy atom. The predicted molar refractivity (Wildman–Crippen MR) is 86.9 cm³/mol. The molecule has 0 aliphatic rings. The van der Waals surface area contributed by atoms with Crippen molar-refractivity contribution in [3.63, 3.8) is 0 Å². The third kappa shape index (κ3) is 4.45. The van der Waals surface area contributed by atoms with Gasteiger partial charge in [-0.25, -0.2) is 0 Å². The van der Waals surface area contributed by atoms with E-state index in [4.69, 9.17) is 4.42 Å². The van der Waals surface area contributed by atoms with Crippen molar-refractivity contribution in [1.29, 1.82) is 0 Å². The molecule has 0 radical (unpaired) electrons. The molecule has 2 aromatic rings. The maximum atomic E-state index is 12.3. The fourth-order valence-electron chi connectivity index (χ4n) is 2.01. The summed E-state index contributed by atoms with van der Waals surface area (Å²) in [4.78, 5) is 36.2. The zero-order valence-electron chi connectivity index (χ0n) is 13.4. The second-order valence-electron chi connectivity index (χ2n) is 5.48. The van der Waals surface area contributed by atoms with Crippen molar-refractivity contribution in [1.82, 2.24) is 16.2 Å². The van der Waals surface area contributed by atoms with Gasteiger partial charge in [-0.1, -0.05) is 32.0 Å². The Balaban J connectivity index is 1.94. The van der Waals surface area contributed by atoms with Crippen molar-refractivity contribution in [2.75, 3.05) is 0 Å². The van der Waals surface area contributed by atoms with Crippen LogP contribution >= 0.6 is 0 Å². The highest BCUT2D eigenvalue weighted by Gasteiger charge is 2.26. The first-order valence-corrected chi connectivity index (χ1v) is 7.48. The van der Waals surface area contributed by atoms with E-state index in [1.807, 2.05) is 0 Å². The van der Waals surface area contributed by atoms with Crippen LogP contribution in [0.3, 0.4) is 0 Å². The number of hydrogen-bond acceptors (Lipinski definition) is 4. The Kier molecular flexibility index (Phi) is 5.73. The van der Waals surface area contributed by atoms with Gasteiger partial charge in [-0.3, -0.25) is 25.2 Å². The molecule has 0 saturated heterocycles. The lowest BCUT2D eigenvalue weighted by Crippen LogP contribution is -2.54. The second kappa shape index (κ2) is 7.96. The summed E-state index contributed by atoms with van der Waals surface area (Å²) in [6.45, 7) is 3.57. The molecule has 1 heterocycles. The Hall–Kier alpha value is -3.09. The van der Waals surface area contributed by atoms with Gasteiger partial charge in [0.25, 0.3) is 17.7 Å². The number of furan rings is 1. The van der Waals surface area contributed by atoms with Gasteiger partial charge < -0.3 is 9.73 Å². The zero-order chi connectivity index (χ0) is 17.5. The van der Waals surface area contributed by atoms with E-state index in [0.29, 0.717) is 5.56 Å². The molecule has 126 valence electrons. The first kappa shape index (κ1) is 17.3.